The van der Waals surface area contributed by atoms with E-state index in [1.807, 2.05) is 62.4 Å². The summed E-state index contributed by atoms with van der Waals surface area (Å²) in [6.45, 7) is 7.33. The number of rotatable bonds is 8. The number of aromatic nitrogens is 1. The zero-order chi connectivity index (χ0) is 19.9. The second-order valence-electron chi connectivity index (χ2n) is 7.01. The van der Waals surface area contributed by atoms with Crippen molar-refractivity contribution < 1.29 is 9.47 Å². The van der Waals surface area contributed by atoms with Gasteiger partial charge in [-0.15, -0.1) is 0 Å². The van der Waals surface area contributed by atoms with Crippen molar-refractivity contribution in [1.29, 1.82) is 0 Å². The van der Waals surface area contributed by atoms with E-state index >= 15 is 0 Å². The first kappa shape index (κ1) is 19.7. The molecule has 0 spiro atoms. The predicted octanol–water partition coefficient (Wildman–Crippen LogP) is 5.64. The second-order valence-corrected chi connectivity index (χ2v) is 7.01. The molecule has 0 unspecified atom stereocenters. The van der Waals surface area contributed by atoms with Gasteiger partial charge in [0.05, 0.1) is 11.9 Å². The highest BCUT2D eigenvalue weighted by atomic mass is 16.5. The van der Waals surface area contributed by atoms with Crippen LogP contribution in [0, 0.1) is 13.8 Å². The van der Waals surface area contributed by atoms with Crippen LogP contribution in [0.3, 0.4) is 0 Å². The molecule has 146 valence electrons. The molecule has 1 heterocycles. The highest BCUT2D eigenvalue weighted by molar-refractivity contribution is 5.39. The van der Waals surface area contributed by atoms with E-state index in [1.54, 1.807) is 12.3 Å². The Morgan fingerprint density at radius 2 is 1.75 bits per heavy atom. The summed E-state index contributed by atoms with van der Waals surface area (Å²) in [5.41, 5.74) is 2.88. The van der Waals surface area contributed by atoms with Gasteiger partial charge >= 0.3 is 0 Å². The lowest BCUT2D eigenvalue weighted by molar-refractivity contribution is 0.292. The lowest BCUT2D eigenvalue weighted by atomic mass is 10.1. The fraction of sp³-hybridized carbons (Fsp3) is 0.292. The fourth-order valence-corrected chi connectivity index (χ4v) is 3.04. The van der Waals surface area contributed by atoms with Gasteiger partial charge < -0.3 is 14.0 Å². The fourth-order valence-electron chi connectivity index (χ4n) is 3.04. The third kappa shape index (κ3) is 5.03. The Balaban J connectivity index is 1.86. The smallest absolute Gasteiger partial charge is 0.224 e. The quantitative estimate of drug-likeness (QED) is 0.510. The van der Waals surface area contributed by atoms with Gasteiger partial charge in [-0.25, -0.2) is 0 Å². The largest absolute Gasteiger partial charge is 0.487 e. The molecular formula is C24H27NO3. The molecule has 0 amide bonds. The van der Waals surface area contributed by atoms with Crippen LogP contribution in [0.15, 0.2) is 65.6 Å². The van der Waals surface area contributed by atoms with Crippen molar-refractivity contribution in [2.75, 3.05) is 0 Å². The number of unbranched alkanes of at least 4 members (excludes halogenated alkanes) is 1. The summed E-state index contributed by atoms with van der Waals surface area (Å²) < 4.78 is 13.9. The van der Waals surface area contributed by atoms with Crippen LogP contribution in [0.4, 0.5) is 0 Å². The Morgan fingerprint density at radius 1 is 0.964 bits per heavy atom. The van der Waals surface area contributed by atoms with Crippen molar-refractivity contribution in [1.82, 2.24) is 4.57 Å². The van der Waals surface area contributed by atoms with Crippen LogP contribution in [-0.2, 0) is 13.2 Å². The van der Waals surface area contributed by atoms with Crippen molar-refractivity contribution in [3.05, 3.63) is 87.8 Å². The Labute approximate surface area is 166 Å². The predicted molar refractivity (Wildman–Crippen MR) is 112 cm³/mol. The minimum absolute atomic E-state index is 0.139. The average molecular weight is 377 g/mol. The van der Waals surface area contributed by atoms with E-state index in [9.17, 15) is 4.79 Å². The summed E-state index contributed by atoms with van der Waals surface area (Å²) in [5.74, 6) is 1.83. The molecule has 0 fully saturated rings. The van der Waals surface area contributed by atoms with Crippen LogP contribution in [-0.4, -0.2) is 4.57 Å². The van der Waals surface area contributed by atoms with Gasteiger partial charge in [0.2, 0.25) is 5.43 Å². The topological polar surface area (TPSA) is 40.5 Å². The molecule has 0 aliphatic carbocycles. The zero-order valence-electron chi connectivity index (χ0n) is 16.8. The Hall–Kier alpha value is -3.01. The summed E-state index contributed by atoms with van der Waals surface area (Å²) in [7, 11) is 0. The lowest BCUT2D eigenvalue weighted by Crippen LogP contribution is -2.16. The molecular weight excluding hydrogens is 350 g/mol. The summed E-state index contributed by atoms with van der Waals surface area (Å²) in [6, 6.07) is 17.2. The Bertz CT molecular complexity index is 977. The zero-order valence-corrected chi connectivity index (χ0v) is 16.8. The summed E-state index contributed by atoms with van der Waals surface area (Å²) in [5, 5.41) is 0. The van der Waals surface area contributed by atoms with Gasteiger partial charge in [0.15, 0.2) is 5.75 Å². The van der Waals surface area contributed by atoms with Gasteiger partial charge in [-0.2, -0.15) is 0 Å². The van der Waals surface area contributed by atoms with E-state index in [0.29, 0.717) is 18.1 Å². The van der Waals surface area contributed by atoms with E-state index in [0.717, 1.165) is 36.4 Å². The first-order valence-electron chi connectivity index (χ1n) is 9.73. The number of aryl methyl sites for hydroxylation is 3. The van der Waals surface area contributed by atoms with Gasteiger partial charge in [-0.1, -0.05) is 49.2 Å². The van der Waals surface area contributed by atoms with Crippen molar-refractivity contribution in [3.63, 3.8) is 0 Å². The molecule has 4 heteroatoms. The summed E-state index contributed by atoms with van der Waals surface area (Å²) in [6.07, 6.45) is 3.89. The van der Waals surface area contributed by atoms with E-state index in [4.69, 9.17) is 9.47 Å². The van der Waals surface area contributed by atoms with Crippen LogP contribution < -0.4 is 14.9 Å². The molecule has 0 aliphatic rings. The molecule has 0 bridgehead atoms. The van der Waals surface area contributed by atoms with Crippen molar-refractivity contribution in [2.24, 2.45) is 0 Å². The maximum absolute atomic E-state index is 12.7. The maximum atomic E-state index is 12.7. The van der Waals surface area contributed by atoms with E-state index in [2.05, 4.69) is 11.5 Å². The van der Waals surface area contributed by atoms with E-state index in [1.165, 1.54) is 5.56 Å². The van der Waals surface area contributed by atoms with Crippen molar-refractivity contribution in [2.45, 2.75) is 46.8 Å². The molecule has 0 saturated heterocycles. The molecule has 0 radical (unpaired) electrons. The van der Waals surface area contributed by atoms with E-state index in [-0.39, 0.29) is 5.43 Å². The monoisotopic (exact) mass is 377 g/mol. The number of benzene rings is 2. The summed E-state index contributed by atoms with van der Waals surface area (Å²) in [4.78, 5) is 12.7. The number of hydrogen-bond acceptors (Lipinski definition) is 3. The van der Waals surface area contributed by atoms with Crippen molar-refractivity contribution >= 4 is 0 Å². The first-order valence-corrected chi connectivity index (χ1v) is 9.73. The molecule has 3 aromatic rings. The minimum atomic E-state index is -0.139. The first-order chi connectivity index (χ1) is 13.6. The number of nitrogens with zero attached hydrogens (tertiary/aromatic N) is 1. The van der Waals surface area contributed by atoms with Crippen LogP contribution >= 0.6 is 0 Å². The third-order valence-corrected chi connectivity index (χ3v) is 4.62. The van der Waals surface area contributed by atoms with Crippen LogP contribution in [0.25, 0.3) is 0 Å². The molecule has 0 aliphatic heterocycles. The van der Waals surface area contributed by atoms with Gasteiger partial charge in [0, 0.05) is 12.6 Å². The Morgan fingerprint density at radius 3 is 2.46 bits per heavy atom. The standard InChI is InChI=1S/C24H27NO3/c1-4-5-13-25-16-24(28-23-12-11-18(2)14-19(23)3)22(26)15-20(25)17-27-21-9-7-6-8-10-21/h6-12,14-16H,4-5,13,17H2,1-3H3. The number of para-hydroxylation sites is 1. The SMILES string of the molecule is CCCCn1cc(Oc2ccc(C)cc2C)c(=O)cc1COc1ccccc1. The highest BCUT2D eigenvalue weighted by Gasteiger charge is 2.11. The maximum Gasteiger partial charge on any atom is 0.224 e. The molecule has 4 nitrogen and oxygen atoms in total. The van der Waals surface area contributed by atoms with Gasteiger partial charge in [-0.3, -0.25) is 4.79 Å². The van der Waals surface area contributed by atoms with Crippen LogP contribution in [0.1, 0.15) is 36.6 Å². The van der Waals surface area contributed by atoms with Crippen LogP contribution in [0.5, 0.6) is 17.2 Å². The molecule has 0 N–H and O–H groups in total. The number of pyridine rings is 1. The molecule has 3 rings (SSSR count). The third-order valence-electron chi connectivity index (χ3n) is 4.62. The molecule has 0 saturated carbocycles. The van der Waals surface area contributed by atoms with Gasteiger partial charge in [-0.05, 0) is 44.0 Å². The number of hydrogen-bond donors (Lipinski definition) is 0. The summed E-state index contributed by atoms with van der Waals surface area (Å²) >= 11 is 0. The Kier molecular flexibility index (Phi) is 6.53. The second kappa shape index (κ2) is 9.27. The lowest BCUT2D eigenvalue weighted by Gasteiger charge is -2.16. The van der Waals surface area contributed by atoms with Crippen molar-refractivity contribution in [3.8, 4) is 17.2 Å². The molecule has 28 heavy (non-hydrogen) atoms. The average Bonchev–Trinajstić information content (AvgIpc) is 2.69. The van der Waals surface area contributed by atoms with Gasteiger partial charge in [0.25, 0.3) is 0 Å². The normalized spacial score (nSPS) is 10.7. The molecule has 1 aromatic heterocycles. The number of ether oxygens (including phenoxy) is 2. The molecule has 0 atom stereocenters. The molecule has 2 aromatic carbocycles. The highest BCUT2D eigenvalue weighted by Crippen LogP contribution is 2.24. The minimum Gasteiger partial charge on any atom is -0.487 e. The van der Waals surface area contributed by atoms with E-state index < -0.39 is 0 Å². The van der Waals surface area contributed by atoms with Gasteiger partial charge in [0.1, 0.15) is 18.1 Å². The van der Waals surface area contributed by atoms with Crippen LogP contribution in [0.2, 0.25) is 0 Å².